The molecule has 0 saturated carbocycles. The molecule has 1 unspecified atom stereocenters. The topological polar surface area (TPSA) is 92.5 Å². The number of aromatic carboxylic acids is 1. The van der Waals surface area contributed by atoms with E-state index in [1.165, 1.54) is 10.9 Å². The number of hydrogen-bond donors (Lipinski definition) is 1. The lowest BCUT2D eigenvalue weighted by molar-refractivity contribution is 0.0689. The van der Waals surface area contributed by atoms with Crippen LogP contribution >= 0.6 is 0 Å². The van der Waals surface area contributed by atoms with Crippen molar-refractivity contribution in [1.29, 1.82) is 0 Å². The first kappa shape index (κ1) is 29.0. The van der Waals surface area contributed by atoms with Gasteiger partial charge in [0.05, 0.1) is 18.8 Å². The number of rotatable bonds is 7. The Labute approximate surface area is 237 Å². The summed E-state index contributed by atoms with van der Waals surface area (Å²) in [5.74, 6) is 1.68. The van der Waals surface area contributed by atoms with Crippen LogP contribution in [0.1, 0.15) is 90.8 Å². The number of ketones is 1. The van der Waals surface area contributed by atoms with Gasteiger partial charge in [0, 0.05) is 22.4 Å². The molecule has 0 aliphatic carbocycles. The Balaban J connectivity index is 1.59. The standard InChI is InChI=1S/C32H37N3O4Si/c1-20(2)40(21(3)4,22(5)6)16-15-24-9-8-10-26(17-24)30(36)25-11-13-27(14-12-25)35-23(7)19-34-29(31(35)37)28(18-33-34)32(38)39/h8-14,17-18,20-23H,19H2,1-7H3,(H,38,39). The average Bonchev–Trinajstić information content (AvgIpc) is 3.33. The molecular formula is C32H37N3O4Si. The molecule has 0 fully saturated rings. The zero-order valence-electron chi connectivity index (χ0n) is 24.2. The van der Waals surface area contributed by atoms with Crippen LogP contribution in [0.2, 0.25) is 16.6 Å². The molecule has 2 heterocycles. The molecule has 4 rings (SSSR count). The molecule has 0 spiro atoms. The summed E-state index contributed by atoms with van der Waals surface area (Å²) < 4.78 is 1.44. The van der Waals surface area contributed by atoms with Crippen molar-refractivity contribution in [3.05, 3.63) is 82.7 Å². The third-order valence-electron chi connectivity index (χ3n) is 8.19. The van der Waals surface area contributed by atoms with Gasteiger partial charge in [0.2, 0.25) is 0 Å². The Morgan fingerprint density at radius 1 is 0.975 bits per heavy atom. The predicted octanol–water partition coefficient (Wildman–Crippen LogP) is 6.43. The second kappa shape index (κ2) is 11.3. The molecule has 208 valence electrons. The largest absolute Gasteiger partial charge is 0.478 e. The van der Waals surface area contributed by atoms with Crippen LogP contribution in [0.15, 0.2) is 54.7 Å². The molecule has 0 bridgehead atoms. The molecule has 0 radical (unpaired) electrons. The van der Waals surface area contributed by atoms with Gasteiger partial charge in [0.15, 0.2) is 5.78 Å². The van der Waals surface area contributed by atoms with Crippen molar-refractivity contribution in [2.24, 2.45) is 0 Å². The number of carboxylic acids is 1. The SMILES string of the molecule is CC1Cn2ncc(C(=O)O)c2C(=O)N1c1ccc(C(=O)c2cccc(C#C[Si](C(C)C)(C(C)C)C(C)C)c2)cc1. The van der Waals surface area contributed by atoms with Gasteiger partial charge in [-0.15, -0.1) is 5.54 Å². The number of anilines is 1. The third-order valence-corrected chi connectivity index (χ3v) is 14.5. The summed E-state index contributed by atoms with van der Waals surface area (Å²) >= 11 is 0. The van der Waals surface area contributed by atoms with Gasteiger partial charge in [-0.2, -0.15) is 5.10 Å². The van der Waals surface area contributed by atoms with E-state index >= 15 is 0 Å². The van der Waals surface area contributed by atoms with Gasteiger partial charge in [-0.05, 0) is 59.9 Å². The number of amides is 1. The molecule has 1 aliphatic rings. The Bertz CT molecular complexity index is 1490. The van der Waals surface area contributed by atoms with E-state index in [0.717, 1.165) is 5.56 Å². The zero-order valence-corrected chi connectivity index (χ0v) is 25.2. The number of hydrogen-bond acceptors (Lipinski definition) is 4. The fraction of sp³-hybridized carbons (Fsp3) is 0.375. The second-order valence-corrected chi connectivity index (χ2v) is 17.1. The molecule has 1 aromatic heterocycles. The van der Waals surface area contributed by atoms with Crippen LogP contribution < -0.4 is 4.90 Å². The van der Waals surface area contributed by atoms with Gasteiger partial charge in [0.25, 0.3) is 5.91 Å². The minimum atomic E-state index is -1.90. The number of fused-ring (bicyclic) bond motifs is 1. The van der Waals surface area contributed by atoms with Crippen LogP contribution in [0, 0.1) is 11.5 Å². The molecule has 7 nitrogen and oxygen atoms in total. The van der Waals surface area contributed by atoms with Crippen molar-refractivity contribution in [3.63, 3.8) is 0 Å². The molecule has 3 aromatic rings. The molecule has 8 heteroatoms. The average molecular weight is 556 g/mol. The van der Waals surface area contributed by atoms with E-state index in [4.69, 9.17) is 0 Å². The maximum Gasteiger partial charge on any atom is 0.339 e. The lowest BCUT2D eigenvalue weighted by Crippen LogP contribution is -2.47. The summed E-state index contributed by atoms with van der Waals surface area (Å²) in [4.78, 5) is 39.8. The molecule has 1 N–H and O–H groups in total. The quantitative estimate of drug-likeness (QED) is 0.206. The van der Waals surface area contributed by atoms with Crippen LogP contribution in [0.25, 0.3) is 0 Å². The van der Waals surface area contributed by atoms with Crippen molar-refractivity contribution < 1.29 is 19.5 Å². The first-order valence-corrected chi connectivity index (χ1v) is 16.0. The lowest BCUT2D eigenvalue weighted by Gasteiger charge is -2.38. The van der Waals surface area contributed by atoms with E-state index in [-0.39, 0.29) is 23.1 Å². The third kappa shape index (κ3) is 5.14. The lowest BCUT2D eigenvalue weighted by atomic mass is 10.0. The van der Waals surface area contributed by atoms with Gasteiger partial charge >= 0.3 is 5.97 Å². The summed E-state index contributed by atoms with van der Waals surface area (Å²) in [6, 6.07) is 14.1. The molecule has 2 aromatic carbocycles. The monoisotopic (exact) mass is 555 g/mol. The first-order chi connectivity index (χ1) is 18.9. The maximum absolute atomic E-state index is 13.4. The predicted molar refractivity (Wildman–Crippen MR) is 160 cm³/mol. The van der Waals surface area contributed by atoms with Crippen LogP contribution in [0.3, 0.4) is 0 Å². The minimum Gasteiger partial charge on any atom is -0.478 e. The van der Waals surface area contributed by atoms with E-state index in [0.29, 0.717) is 40.0 Å². The van der Waals surface area contributed by atoms with Gasteiger partial charge in [-0.3, -0.25) is 14.3 Å². The Hall–Kier alpha value is -3.96. The number of benzene rings is 2. The Kier molecular flexibility index (Phi) is 8.17. The number of aromatic nitrogens is 2. The van der Waals surface area contributed by atoms with E-state index in [9.17, 15) is 19.5 Å². The van der Waals surface area contributed by atoms with E-state index in [1.807, 2.05) is 25.1 Å². The van der Waals surface area contributed by atoms with Crippen LogP contribution in [0.5, 0.6) is 0 Å². The smallest absolute Gasteiger partial charge is 0.339 e. The number of carboxylic acid groups (broad SMARTS) is 1. The first-order valence-electron chi connectivity index (χ1n) is 13.8. The summed E-state index contributed by atoms with van der Waals surface area (Å²) in [7, 11) is -1.90. The Morgan fingerprint density at radius 2 is 1.60 bits per heavy atom. The van der Waals surface area contributed by atoms with E-state index in [2.05, 4.69) is 58.1 Å². The van der Waals surface area contributed by atoms with Crippen molar-refractivity contribution in [2.45, 2.75) is 77.7 Å². The van der Waals surface area contributed by atoms with Crippen molar-refractivity contribution in [3.8, 4) is 11.5 Å². The molecule has 1 aliphatic heterocycles. The maximum atomic E-state index is 13.4. The van der Waals surface area contributed by atoms with Crippen LogP contribution in [-0.4, -0.2) is 46.7 Å². The van der Waals surface area contributed by atoms with Gasteiger partial charge in [-0.25, -0.2) is 4.79 Å². The van der Waals surface area contributed by atoms with Gasteiger partial charge < -0.3 is 10.0 Å². The highest BCUT2D eigenvalue weighted by Crippen LogP contribution is 2.40. The van der Waals surface area contributed by atoms with Crippen LogP contribution in [0.4, 0.5) is 5.69 Å². The highest BCUT2D eigenvalue weighted by atomic mass is 28.3. The second-order valence-electron chi connectivity index (χ2n) is 11.5. The van der Waals surface area contributed by atoms with E-state index < -0.39 is 20.0 Å². The van der Waals surface area contributed by atoms with Crippen LogP contribution in [-0.2, 0) is 6.54 Å². The van der Waals surface area contributed by atoms with Gasteiger partial charge in [0.1, 0.15) is 19.3 Å². The fourth-order valence-electron chi connectivity index (χ4n) is 6.22. The van der Waals surface area contributed by atoms with Gasteiger partial charge in [-0.1, -0.05) is 59.6 Å². The molecule has 1 amide bonds. The number of nitrogens with zero attached hydrogens (tertiary/aromatic N) is 3. The molecule has 0 saturated heterocycles. The normalized spacial score (nSPS) is 15.3. The van der Waals surface area contributed by atoms with Crippen molar-refractivity contribution in [1.82, 2.24) is 9.78 Å². The van der Waals surface area contributed by atoms with Crippen molar-refractivity contribution in [2.75, 3.05) is 4.90 Å². The summed E-state index contributed by atoms with van der Waals surface area (Å²) in [6.45, 7) is 15.9. The van der Waals surface area contributed by atoms with Crippen molar-refractivity contribution >= 4 is 31.4 Å². The highest BCUT2D eigenvalue weighted by Gasteiger charge is 2.41. The molecule has 40 heavy (non-hydrogen) atoms. The molecule has 1 atom stereocenters. The fourth-order valence-corrected chi connectivity index (χ4v) is 11.4. The minimum absolute atomic E-state index is 0.0585. The highest BCUT2D eigenvalue weighted by molar-refractivity contribution is 6.90. The zero-order chi connectivity index (χ0) is 29.4. The number of carbonyl (C=O) groups is 3. The molecular weight excluding hydrogens is 518 g/mol. The summed E-state index contributed by atoms with van der Waals surface area (Å²) in [5.41, 5.74) is 7.71. The summed E-state index contributed by atoms with van der Waals surface area (Å²) in [5, 5.41) is 13.5. The van der Waals surface area contributed by atoms with E-state index in [1.54, 1.807) is 35.2 Å². The summed E-state index contributed by atoms with van der Waals surface area (Å²) in [6.07, 6.45) is 1.21. The number of carbonyl (C=O) groups excluding carboxylic acids is 2. The Morgan fingerprint density at radius 3 is 2.17 bits per heavy atom.